The van der Waals surface area contributed by atoms with Crippen LogP contribution in [0, 0.1) is 10.7 Å². The summed E-state index contributed by atoms with van der Waals surface area (Å²) in [6.07, 6.45) is 0. The highest BCUT2D eigenvalue weighted by Gasteiger charge is 2.00. The summed E-state index contributed by atoms with van der Waals surface area (Å²) >= 11 is 6.17. The van der Waals surface area contributed by atoms with Crippen LogP contribution in [0.15, 0.2) is 33.7 Å². The molecule has 0 saturated carbocycles. The van der Waals surface area contributed by atoms with Gasteiger partial charge in [-0.1, -0.05) is 6.07 Å². The smallest absolute Gasteiger partial charge is 0.314 e. The van der Waals surface area contributed by atoms with Crippen LogP contribution in [-0.2, 0) is 5.75 Å². The van der Waals surface area contributed by atoms with Crippen molar-refractivity contribution in [2.24, 2.45) is 0 Å². The second-order valence-corrected chi connectivity index (χ2v) is 4.17. The molecule has 1 N–H and O–H groups in total. The Balaban J connectivity index is 2.02. The number of aromatic amines is 1. The number of thioether (sulfide) groups is 1. The molecule has 0 spiro atoms. The molecular weight excluding hydrogens is 235 g/mol. The van der Waals surface area contributed by atoms with Crippen LogP contribution in [0.2, 0.25) is 0 Å². The average Bonchev–Trinajstić information content (AvgIpc) is 2.62. The Morgan fingerprint density at radius 1 is 1.53 bits per heavy atom. The molecule has 0 saturated heterocycles. The highest BCUT2D eigenvalue weighted by molar-refractivity contribution is 7.98. The van der Waals surface area contributed by atoms with Crippen molar-refractivity contribution in [2.45, 2.75) is 10.6 Å². The molecule has 0 aliphatic carbocycles. The largest absolute Gasteiger partial charge is 0.348 e. The third-order valence-electron chi connectivity index (χ3n) is 1.65. The van der Waals surface area contributed by atoms with Gasteiger partial charge in [0, 0.05) is 4.90 Å². The van der Waals surface area contributed by atoms with E-state index in [0.717, 1.165) is 4.90 Å². The van der Waals surface area contributed by atoms with Gasteiger partial charge < -0.3 is 4.52 Å². The summed E-state index contributed by atoms with van der Waals surface area (Å²) in [4.78, 5) is 4.96. The second-order valence-electron chi connectivity index (χ2n) is 2.77. The van der Waals surface area contributed by atoms with Crippen LogP contribution >= 0.6 is 24.0 Å². The Bertz CT molecular complexity index is 509. The lowest BCUT2D eigenvalue weighted by Gasteiger charge is -1.97. The average molecular weight is 242 g/mol. The monoisotopic (exact) mass is 242 g/mol. The zero-order chi connectivity index (χ0) is 10.7. The second kappa shape index (κ2) is 4.59. The molecule has 3 nitrogen and oxygen atoms in total. The first kappa shape index (κ1) is 10.4. The Labute approximate surface area is 94.7 Å². The van der Waals surface area contributed by atoms with Crippen molar-refractivity contribution in [3.63, 3.8) is 0 Å². The molecule has 0 atom stereocenters. The molecule has 0 bridgehead atoms. The van der Waals surface area contributed by atoms with Gasteiger partial charge in [0.1, 0.15) is 5.82 Å². The van der Waals surface area contributed by atoms with Crippen LogP contribution in [0.5, 0.6) is 0 Å². The molecular formula is C9H7FN2OS2. The zero-order valence-corrected chi connectivity index (χ0v) is 9.20. The van der Waals surface area contributed by atoms with Gasteiger partial charge in [-0.2, -0.15) is 4.98 Å². The first-order chi connectivity index (χ1) is 7.24. The zero-order valence-electron chi connectivity index (χ0n) is 7.57. The number of nitrogens with one attached hydrogen (secondary N) is 1. The van der Waals surface area contributed by atoms with E-state index >= 15 is 0 Å². The van der Waals surface area contributed by atoms with E-state index in [1.165, 1.54) is 23.9 Å². The topological polar surface area (TPSA) is 41.8 Å². The Kier molecular flexibility index (Phi) is 3.17. The molecule has 1 aromatic carbocycles. The Morgan fingerprint density at radius 2 is 2.40 bits per heavy atom. The molecule has 15 heavy (non-hydrogen) atoms. The number of hydrogen-bond acceptors (Lipinski definition) is 4. The van der Waals surface area contributed by atoms with Crippen molar-refractivity contribution in [1.29, 1.82) is 0 Å². The van der Waals surface area contributed by atoms with Crippen LogP contribution in [0.3, 0.4) is 0 Å². The third kappa shape index (κ3) is 2.90. The molecule has 0 aliphatic heterocycles. The van der Waals surface area contributed by atoms with E-state index in [9.17, 15) is 4.39 Å². The fourth-order valence-electron chi connectivity index (χ4n) is 1.03. The maximum absolute atomic E-state index is 12.8. The molecule has 0 radical (unpaired) electrons. The van der Waals surface area contributed by atoms with Crippen molar-refractivity contribution in [2.75, 3.05) is 0 Å². The summed E-state index contributed by atoms with van der Waals surface area (Å²) in [7, 11) is 0. The fourth-order valence-corrected chi connectivity index (χ4v) is 1.98. The molecule has 1 heterocycles. The van der Waals surface area contributed by atoms with Crippen molar-refractivity contribution < 1.29 is 8.91 Å². The number of hydrogen-bond donors (Lipinski definition) is 1. The lowest BCUT2D eigenvalue weighted by molar-refractivity contribution is 0.400. The standard InChI is InChI=1S/C9H7FN2OS2/c10-6-2-1-3-7(4-6)15-5-8-11-9(14)13-12-8/h1-4H,5H2,(H,11,12,14). The summed E-state index contributed by atoms with van der Waals surface area (Å²) in [5.74, 6) is 0.978. The maximum atomic E-state index is 12.8. The summed E-state index contributed by atoms with van der Waals surface area (Å²) < 4.78 is 17.6. The molecule has 6 heteroatoms. The van der Waals surface area contributed by atoms with Crippen LogP contribution in [-0.4, -0.2) is 10.1 Å². The minimum atomic E-state index is -0.243. The Hall–Kier alpha value is -1.14. The summed E-state index contributed by atoms with van der Waals surface area (Å²) in [5.41, 5.74) is 0. The van der Waals surface area contributed by atoms with E-state index in [1.54, 1.807) is 6.07 Å². The van der Waals surface area contributed by atoms with Gasteiger partial charge in [0.15, 0.2) is 5.82 Å². The SMILES string of the molecule is Fc1cccc(SCc2nc(=S)o[nH]2)c1. The molecule has 2 aromatic rings. The van der Waals surface area contributed by atoms with Crippen molar-refractivity contribution >= 4 is 24.0 Å². The maximum Gasteiger partial charge on any atom is 0.314 e. The quantitative estimate of drug-likeness (QED) is 0.663. The number of nitrogens with zero attached hydrogens (tertiary/aromatic N) is 1. The number of aromatic nitrogens is 2. The van der Waals surface area contributed by atoms with Crippen LogP contribution in [0.4, 0.5) is 4.39 Å². The highest BCUT2D eigenvalue weighted by Crippen LogP contribution is 2.21. The number of halogens is 1. The van der Waals surface area contributed by atoms with Gasteiger partial charge in [-0.3, -0.25) is 0 Å². The number of H-pyrrole nitrogens is 1. The van der Waals surface area contributed by atoms with Crippen LogP contribution in [0.25, 0.3) is 0 Å². The van der Waals surface area contributed by atoms with Gasteiger partial charge in [-0.25, -0.2) is 9.55 Å². The molecule has 1 aromatic heterocycles. The van der Waals surface area contributed by atoms with Gasteiger partial charge in [0.05, 0.1) is 5.75 Å². The van der Waals surface area contributed by atoms with Gasteiger partial charge in [-0.05, 0) is 30.4 Å². The van der Waals surface area contributed by atoms with Crippen molar-refractivity contribution in [3.05, 3.63) is 40.7 Å². The molecule has 0 fully saturated rings. The van der Waals surface area contributed by atoms with Crippen LogP contribution in [0.1, 0.15) is 5.82 Å². The predicted octanol–water partition coefficient (Wildman–Crippen LogP) is 3.16. The first-order valence-electron chi connectivity index (χ1n) is 4.17. The van der Waals surface area contributed by atoms with E-state index < -0.39 is 0 Å². The van der Waals surface area contributed by atoms with E-state index in [4.69, 9.17) is 16.7 Å². The van der Waals surface area contributed by atoms with E-state index in [1.807, 2.05) is 6.07 Å². The summed E-state index contributed by atoms with van der Waals surface area (Å²) in [6, 6.07) is 6.39. The van der Waals surface area contributed by atoms with E-state index in [-0.39, 0.29) is 10.7 Å². The molecule has 0 amide bonds. The molecule has 78 valence electrons. The lowest BCUT2D eigenvalue weighted by atomic mass is 10.4. The summed E-state index contributed by atoms with van der Waals surface area (Å²) in [6.45, 7) is 0. The van der Waals surface area contributed by atoms with Gasteiger partial charge in [0.2, 0.25) is 0 Å². The van der Waals surface area contributed by atoms with Gasteiger partial charge in [-0.15, -0.1) is 11.8 Å². The number of rotatable bonds is 3. The first-order valence-corrected chi connectivity index (χ1v) is 5.56. The molecule has 0 unspecified atom stereocenters. The van der Waals surface area contributed by atoms with Crippen molar-refractivity contribution in [1.82, 2.24) is 10.1 Å². The molecule has 0 aliphatic rings. The minimum absolute atomic E-state index is 0.185. The summed E-state index contributed by atoms with van der Waals surface area (Å²) in [5, 5.41) is 2.59. The predicted molar refractivity (Wildman–Crippen MR) is 57.6 cm³/mol. The van der Waals surface area contributed by atoms with Gasteiger partial charge in [0.25, 0.3) is 0 Å². The molecule has 2 rings (SSSR count). The third-order valence-corrected chi connectivity index (χ3v) is 2.83. The normalized spacial score (nSPS) is 10.5. The van der Waals surface area contributed by atoms with Gasteiger partial charge >= 0.3 is 4.84 Å². The van der Waals surface area contributed by atoms with E-state index in [0.29, 0.717) is 11.6 Å². The number of benzene rings is 1. The Morgan fingerprint density at radius 3 is 3.07 bits per heavy atom. The van der Waals surface area contributed by atoms with E-state index in [2.05, 4.69) is 10.1 Å². The van der Waals surface area contributed by atoms with Crippen molar-refractivity contribution in [3.8, 4) is 0 Å². The highest BCUT2D eigenvalue weighted by atomic mass is 32.2. The van der Waals surface area contributed by atoms with Crippen LogP contribution < -0.4 is 0 Å². The fraction of sp³-hybridized carbons (Fsp3) is 0.111. The minimum Gasteiger partial charge on any atom is -0.348 e. The lowest BCUT2D eigenvalue weighted by Crippen LogP contribution is -1.83.